The maximum absolute atomic E-state index is 12.4. The van der Waals surface area contributed by atoms with Gasteiger partial charge < -0.3 is 14.6 Å². The van der Waals surface area contributed by atoms with E-state index in [1.54, 1.807) is 18.3 Å². The number of carboxylic acids is 1. The van der Waals surface area contributed by atoms with E-state index in [4.69, 9.17) is 5.11 Å². The van der Waals surface area contributed by atoms with Crippen LogP contribution in [0, 0.1) is 0 Å². The molecule has 1 aromatic rings. The van der Waals surface area contributed by atoms with E-state index < -0.39 is 5.97 Å². The molecule has 2 heterocycles. The number of carbonyl (C=O) groups excluding carboxylic acids is 1. The standard InChI is InChI=1S/C13H18N2O3S/c1-2-10-8-15(6-7-19-10)13(18)11-4-3-5-14(11)9-12(16)17/h3-5,10H,2,6-9H2,1H3,(H,16,17). The third-order valence-corrected chi connectivity index (χ3v) is 4.61. The molecular formula is C13H18N2O3S. The van der Waals surface area contributed by atoms with E-state index in [0.717, 1.165) is 25.3 Å². The van der Waals surface area contributed by atoms with Gasteiger partial charge in [-0.25, -0.2) is 0 Å². The second kappa shape index (κ2) is 6.14. The van der Waals surface area contributed by atoms with Crippen molar-refractivity contribution in [2.45, 2.75) is 25.1 Å². The molecule has 1 atom stereocenters. The van der Waals surface area contributed by atoms with Gasteiger partial charge in [0.05, 0.1) is 0 Å². The summed E-state index contributed by atoms with van der Waals surface area (Å²) in [5.74, 6) is -0.0555. The average molecular weight is 282 g/mol. The Kier molecular flexibility index (Phi) is 4.52. The van der Waals surface area contributed by atoms with Crippen molar-refractivity contribution in [1.29, 1.82) is 0 Å². The highest BCUT2D eigenvalue weighted by molar-refractivity contribution is 8.00. The van der Waals surface area contributed by atoms with E-state index >= 15 is 0 Å². The Balaban J connectivity index is 2.10. The molecule has 1 aliphatic rings. The molecule has 5 nitrogen and oxygen atoms in total. The molecule has 0 aliphatic carbocycles. The Bertz CT molecular complexity index is 472. The SMILES string of the molecule is CCC1CN(C(=O)c2cccn2CC(=O)O)CCS1. The maximum atomic E-state index is 12.4. The predicted octanol–water partition coefficient (Wildman–Crippen LogP) is 1.54. The molecule has 0 saturated carbocycles. The number of hydrogen-bond acceptors (Lipinski definition) is 3. The van der Waals surface area contributed by atoms with Crippen LogP contribution in [0.1, 0.15) is 23.8 Å². The fraction of sp³-hybridized carbons (Fsp3) is 0.538. The minimum absolute atomic E-state index is 0.0648. The minimum atomic E-state index is -0.939. The lowest BCUT2D eigenvalue weighted by Crippen LogP contribution is -2.42. The molecule has 1 fully saturated rings. The van der Waals surface area contributed by atoms with E-state index in [-0.39, 0.29) is 12.5 Å². The fourth-order valence-corrected chi connectivity index (χ4v) is 3.38. The summed E-state index contributed by atoms with van der Waals surface area (Å²) in [5, 5.41) is 9.32. The highest BCUT2D eigenvalue weighted by atomic mass is 32.2. The van der Waals surface area contributed by atoms with Gasteiger partial charge in [0.15, 0.2) is 0 Å². The monoisotopic (exact) mass is 282 g/mol. The van der Waals surface area contributed by atoms with Gasteiger partial charge in [-0.2, -0.15) is 11.8 Å². The number of thioether (sulfide) groups is 1. The Morgan fingerprint density at radius 3 is 3.00 bits per heavy atom. The van der Waals surface area contributed by atoms with Crippen LogP contribution in [-0.2, 0) is 11.3 Å². The molecule has 1 unspecified atom stereocenters. The summed E-state index contributed by atoms with van der Waals surface area (Å²) in [6.07, 6.45) is 2.68. The van der Waals surface area contributed by atoms with E-state index in [0.29, 0.717) is 10.9 Å². The van der Waals surface area contributed by atoms with Crippen molar-refractivity contribution in [2.75, 3.05) is 18.8 Å². The zero-order chi connectivity index (χ0) is 13.8. The summed E-state index contributed by atoms with van der Waals surface area (Å²) in [5.41, 5.74) is 0.462. The Morgan fingerprint density at radius 2 is 2.32 bits per heavy atom. The smallest absolute Gasteiger partial charge is 0.323 e. The molecule has 0 spiro atoms. The van der Waals surface area contributed by atoms with Gasteiger partial charge in [-0.05, 0) is 18.6 Å². The molecule has 1 amide bonds. The molecule has 19 heavy (non-hydrogen) atoms. The summed E-state index contributed by atoms with van der Waals surface area (Å²) in [6.45, 7) is 3.43. The van der Waals surface area contributed by atoms with Crippen LogP contribution >= 0.6 is 11.8 Å². The fourth-order valence-electron chi connectivity index (χ4n) is 2.20. The van der Waals surface area contributed by atoms with Crippen molar-refractivity contribution in [3.05, 3.63) is 24.0 Å². The van der Waals surface area contributed by atoms with Crippen LogP contribution in [0.15, 0.2) is 18.3 Å². The number of carbonyl (C=O) groups is 2. The molecule has 1 N–H and O–H groups in total. The van der Waals surface area contributed by atoms with Crippen LogP contribution < -0.4 is 0 Å². The number of hydrogen-bond donors (Lipinski definition) is 1. The predicted molar refractivity (Wildman–Crippen MR) is 74.5 cm³/mol. The lowest BCUT2D eigenvalue weighted by Gasteiger charge is -2.32. The highest BCUT2D eigenvalue weighted by Gasteiger charge is 2.25. The van der Waals surface area contributed by atoms with Gasteiger partial charge in [0.1, 0.15) is 12.2 Å². The van der Waals surface area contributed by atoms with Crippen molar-refractivity contribution >= 4 is 23.6 Å². The molecule has 1 saturated heterocycles. The summed E-state index contributed by atoms with van der Waals surface area (Å²) < 4.78 is 1.49. The quantitative estimate of drug-likeness (QED) is 0.910. The largest absolute Gasteiger partial charge is 0.480 e. The molecule has 0 radical (unpaired) electrons. The van der Waals surface area contributed by atoms with Crippen LogP contribution in [-0.4, -0.2) is 50.5 Å². The zero-order valence-electron chi connectivity index (χ0n) is 10.9. The Labute approximate surface area is 116 Å². The summed E-state index contributed by atoms with van der Waals surface area (Å²) in [6, 6.07) is 3.40. The number of amides is 1. The molecular weight excluding hydrogens is 264 g/mol. The van der Waals surface area contributed by atoms with Crippen LogP contribution in [0.5, 0.6) is 0 Å². The van der Waals surface area contributed by atoms with Crippen LogP contribution in [0.3, 0.4) is 0 Å². The summed E-state index contributed by atoms with van der Waals surface area (Å²) >= 11 is 1.90. The lowest BCUT2D eigenvalue weighted by molar-refractivity contribution is -0.137. The molecule has 6 heteroatoms. The zero-order valence-corrected chi connectivity index (χ0v) is 11.7. The maximum Gasteiger partial charge on any atom is 0.323 e. The van der Waals surface area contributed by atoms with E-state index in [9.17, 15) is 9.59 Å². The molecule has 104 valence electrons. The van der Waals surface area contributed by atoms with Gasteiger partial charge in [-0.15, -0.1) is 0 Å². The Morgan fingerprint density at radius 1 is 1.53 bits per heavy atom. The number of aromatic nitrogens is 1. The van der Waals surface area contributed by atoms with Crippen LogP contribution in [0.25, 0.3) is 0 Å². The van der Waals surface area contributed by atoms with Gasteiger partial charge >= 0.3 is 5.97 Å². The number of carboxylic acid groups (broad SMARTS) is 1. The second-order valence-electron chi connectivity index (χ2n) is 4.57. The van der Waals surface area contributed by atoms with Crippen molar-refractivity contribution in [3.63, 3.8) is 0 Å². The number of nitrogens with zero attached hydrogens (tertiary/aromatic N) is 2. The first-order valence-corrected chi connectivity index (χ1v) is 7.44. The van der Waals surface area contributed by atoms with Crippen LogP contribution in [0.2, 0.25) is 0 Å². The first-order valence-electron chi connectivity index (χ1n) is 6.39. The van der Waals surface area contributed by atoms with E-state index in [1.165, 1.54) is 4.57 Å². The van der Waals surface area contributed by atoms with Crippen molar-refractivity contribution in [1.82, 2.24) is 9.47 Å². The third kappa shape index (κ3) is 3.32. The van der Waals surface area contributed by atoms with E-state index in [2.05, 4.69) is 6.92 Å². The number of rotatable bonds is 4. The van der Waals surface area contributed by atoms with Crippen LogP contribution in [0.4, 0.5) is 0 Å². The molecule has 1 aromatic heterocycles. The van der Waals surface area contributed by atoms with Gasteiger partial charge in [-0.1, -0.05) is 6.92 Å². The van der Waals surface area contributed by atoms with Crippen molar-refractivity contribution in [3.8, 4) is 0 Å². The summed E-state index contributed by atoms with van der Waals surface area (Å²) in [4.78, 5) is 25.0. The summed E-state index contributed by atoms with van der Waals surface area (Å²) in [7, 11) is 0. The topological polar surface area (TPSA) is 62.5 Å². The van der Waals surface area contributed by atoms with Gasteiger partial charge in [0, 0.05) is 30.3 Å². The normalized spacial score (nSPS) is 19.4. The van der Waals surface area contributed by atoms with Gasteiger partial charge in [0.2, 0.25) is 0 Å². The van der Waals surface area contributed by atoms with Crippen molar-refractivity contribution < 1.29 is 14.7 Å². The average Bonchev–Trinajstić information content (AvgIpc) is 2.85. The first-order chi connectivity index (χ1) is 9.11. The number of aliphatic carboxylic acids is 1. The van der Waals surface area contributed by atoms with Crippen molar-refractivity contribution in [2.24, 2.45) is 0 Å². The third-order valence-electron chi connectivity index (χ3n) is 3.24. The molecule has 0 bridgehead atoms. The molecule has 2 rings (SSSR count). The molecule has 1 aliphatic heterocycles. The van der Waals surface area contributed by atoms with Gasteiger partial charge in [0.25, 0.3) is 5.91 Å². The van der Waals surface area contributed by atoms with Gasteiger partial charge in [-0.3, -0.25) is 9.59 Å². The van der Waals surface area contributed by atoms with E-state index in [1.807, 2.05) is 16.7 Å². The Hall–Kier alpha value is -1.43. The lowest BCUT2D eigenvalue weighted by atomic mass is 10.2. The molecule has 0 aromatic carbocycles. The second-order valence-corrected chi connectivity index (χ2v) is 5.98. The highest BCUT2D eigenvalue weighted by Crippen LogP contribution is 2.22. The first kappa shape index (κ1) is 14.0. The minimum Gasteiger partial charge on any atom is -0.480 e.